The van der Waals surface area contributed by atoms with Crippen LogP contribution < -0.4 is 0 Å². The first-order valence-corrected chi connectivity index (χ1v) is 4.31. The van der Waals surface area contributed by atoms with E-state index in [1.54, 1.807) is 0 Å². The molecule has 0 aromatic heterocycles. The van der Waals surface area contributed by atoms with Crippen LogP contribution in [0.3, 0.4) is 0 Å². The third kappa shape index (κ3) is 2.50. The second-order valence-electron chi connectivity index (χ2n) is 3.03. The van der Waals surface area contributed by atoms with Gasteiger partial charge in [-0.2, -0.15) is 0 Å². The Labute approximate surface area is 73.5 Å². The van der Waals surface area contributed by atoms with E-state index in [1.165, 1.54) is 5.57 Å². The zero-order chi connectivity index (χ0) is 8.81. The zero-order valence-electron chi connectivity index (χ0n) is 7.36. The molecular weight excluding hydrogens is 148 g/mol. The average Bonchev–Trinajstić information content (AvgIpc) is 2.32. The molecule has 0 heterocycles. The van der Waals surface area contributed by atoms with Gasteiger partial charge in [0.2, 0.25) is 0 Å². The number of hydrogen-bond donors (Lipinski definition) is 0. The highest BCUT2D eigenvalue weighted by Crippen LogP contribution is 2.17. The summed E-state index contributed by atoms with van der Waals surface area (Å²) in [5.41, 5.74) is 1.27. The highest BCUT2D eigenvalue weighted by atomic mass is 16.1. The molecule has 1 nitrogen and oxygen atoms in total. The van der Waals surface area contributed by atoms with E-state index in [-0.39, 0.29) is 0 Å². The fourth-order valence-corrected chi connectivity index (χ4v) is 1.24. The molecule has 1 aliphatic carbocycles. The van der Waals surface area contributed by atoms with Gasteiger partial charge in [0.05, 0.1) is 0 Å². The van der Waals surface area contributed by atoms with Gasteiger partial charge in [-0.1, -0.05) is 37.3 Å². The van der Waals surface area contributed by atoms with Crippen molar-refractivity contribution in [3.8, 4) is 0 Å². The predicted molar refractivity (Wildman–Crippen MR) is 50.8 cm³/mol. The predicted octanol–water partition coefficient (Wildman–Crippen LogP) is 2.65. The van der Waals surface area contributed by atoms with Crippen LogP contribution in [0.25, 0.3) is 0 Å². The van der Waals surface area contributed by atoms with Crippen LogP contribution in [0.5, 0.6) is 0 Å². The Morgan fingerprint density at radius 3 is 3.17 bits per heavy atom. The van der Waals surface area contributed by atoms with E-state index in [2.05, 4.69) is 25.2 Å². The molecule has 0 radical (unpaired) electrons. The zero-order valence-corrected chi connectivity index (χ0v) is 7.36. The Balaban J connectivity index is 2.61. The van der Waals surface area contributed by atoms with E-state index in [0.29, 0.717) is 12.3 Å². The van der Waals surface area contributed by atoms with E-state index in [9.17, 15) is 4.79 Å². The fraction of sp³-hybridized carbons (Fsp3) is 0.364. The van der Waals surface area contributed by atoms with E-state index >= 15 is 0 Å². The highest BCUT2D eigenvalue weighted by Gasteiger charge is 2.04. The summed E-state index contributed by atoms with van der Waals surface area (Å²) in [6, 6.07) is 0. The van der Waals surface area contributed by atoms with Crippen LogP contribution in [0.1, 0.15) is 19.8 Å². The highest BCUT2D eigenvalue weighted by molar-refractivity contribution is 5.51. The molecule has 0 N–H and O–H groups in total. The van der Waals surface area contributed by atoms with Crippen molar-refractivity contribution in [2.45, 2.75) is 19.8 Å². The standard InChI is InChI=1S/C11H14O/c1-10(8-9-12)11-6-4-2-3-5-7-11/h2-4,6-7,9-10H,5,8H2,1H3. The van der Waals surface area contributed by atoms with Crippen LogP contribution in [-0.4, -0.2) is 6.29 Å². The molecule has 0 fully saturated rings. The summed E-state index contributed by atoms with van der Waals surface area (Å²) < 4.78 is 0. The summed E-state index contributed by atoms with van der Waals surface area (Å²) in [6.07, 6.45) is 13.0. The van der Waals surface area contributed by atoms with E-state index in [1.807, 2.05) is 12.2 Å². The van der Waals surface area contributed by atoms with E-state index in [0.717, 1.165) is 12.7 Å². The van der Waals surface area contributed by atoms with Gasteiger partial charge in [0.1, 0.15) is 6.29 Å². The Kier molecular flexibility index (Phi) is 3.52. The lowest BCUT2D eigenvalue weighted by atomic mass is 9.97. The third-order valence-corrected chi connectivity index (χ3v) is 2.04. The topological polar surface area (TPSA) is 17.1 Å². The molecule has 1 heteroatoms. The van der Waals surface area contributed by atoms with Crippen LogP contribution in [0.4, 0.5) is 0 Å². The number of allylic oxidation sites excluding steroid dienone is 6. The Bertz CT molecular complexity index is 233. The lowest BCUT2D eigenvalue weighted by Gasteiger charge is -2.07. The molecular formula is C11H14O. The van der Waals surface area contributed by atoms with Crippen LogP contribution in [0, 0.1) is 5.92 Å². The largest absolute Gasteiger partial charge is 0.303 e. The van der Waals surface area contributed by atoms with Crippen molar-refractivity contribution in [3.05, 3.63) is 36.0 Å². The first-order valence-electron chi connectivity index (χ1n) is 4.31. The molecule has 64 valence electrons. The second kappa shape index (κ2) is 4.70. The third-order valence-electron chi connectivity index (χ3n) is 2.04. The second-order valence-corrected chi connectivity index (χ2v) is 3.03. The van der Waals surface area contributed by atoms with Crippen molar-refractivity contribution in [1.29, 1.82) is 0 Å². The van der Waals surface area contributed by atoms with Gasteiger partial charge in [0, 0.05) is 6.42 Å². The molecule has 0 aromatic carbocycles. The molecule has 1 aliphatic rings. The Morgan fingerprint density at radius 2 is 2.42 bits per heavy atom. The lowest BCUT2D eigenvalue weighted by Crippen LogP contribution is -1.97. The maximum absolute atomic E-state index is 10.3. The molecule has 0 bridgehead atoms. The molecule has 0 spiro atoms. The molecule has 1 rings (SSSR count). The molecule has 12 heavy (non-hydrogen) atoms. The van der Waals surface area contributed by atoms with Crippen molar-refractivity contribution >= 4 is 6.29 Å². The van der Waals surface area contributed by atoms with Crippen molar-refractivity contribution < 1.29 is 4.79 Å². The number of carbonyl (C=O) groups is 1. The molecule has 0 aromatic rings. The lowest BCUT2D eigenvalue weighted by molar-refractivity contribution is -0.108. The SMILES string of the molecule is CC(CC=O)C1=CCC=CC=C1. The first kappa shape index (κ1) is 8.98. The molecule has 0 saturated carbocycles. The summed E-state index contributed by atoms with van der Waals surface area (Å²) in [5.74, 6) is 0.360. The van der Waals surface area contributed by atoms with E-state index < -0.39 is 0 Å². The van der Waals surface area contributed by atoms with Crippen LogP contribution in [0.2, 0.25) is 0 Å². The molecule has 1 atom stereocenters. The van der Waals surface area contributed by atoms with Gasteiger partial charge in [0.25, 0.3) is 0 Å². The molecule has 0 amide bonds. The van der Waals surface area contributed by atoms with Gasteiger partial charge < -0.3 is 4.79 Å². The molecule has 0 saturated heterocycles. The average molecular weight is 162 g/mol. The Morgan fingerprint density at radius 1 is 1.58 bits per heavy atom. The van der Waals surface area contributed by atoms with Gasteiger partial charge in [-0.15, -0.1) is 0 Å². The minimum atomic E-state index is 0.360. The van der Waals surface area contributed by atoms with Gasteiger partial charge in [-0.25, -0.2) is 0 Å². The van der Waals surface area contributed by atoms with Gasteiger partial charge >= 0.3 is 0 Å². The summed E-state index contributed by atoms with van der Waals surface area (Å²) >= 11 is 0. The molecule has 1 unspecified atom stereocenters. The van der Waals surface area contributed by atoms with Crippen molar-refractivity contribution in [2.75, 3.05) is 0 Å². The van der Waals surface area contributed by atoms with Gasteiger partial charge in [-0.3, -0.25) is 0 Å². The quantitative estimate of drug-likeness (QED) is 0.583. The van der Waals surface area contributed by atoms with Crippen LogP contribution >= 0.6 is 0 Å². The van der Waals surface area contributed by atoms with Crippen LogP contribution in [0.15, 0.2) is 36.0 Å². The summed E-state index contributed by atoms with van der Waals surface area (Å²) in [7, 11) is 0. The normalized spacial score (nSPS) is 18.2. The summed E-state index contributed by atoms with van der Waals surface area (Å²) in [4.78, 5) is 10.3. The minimum Gasteiger partial charge on any atom is -0.303 e. The van der Waals surface area contributed by atoms with Crippen LogP contribution in [-0.2, 0) is 4.79 Å². The number of carbonyl (C=O) groups excluding carboxylic acids is 1. The fourth-order valence-electron chi connectivity index (χ4n) is 1.24. The first-order chi connectivity index (χ1) is 5.84. The maximum Gasteiger partial charge on any atom is 0.120 e. The summed E-state index contributed by atoms with van der Waals surface area (Å²) in [5, 5.41) is 0. The minimum absolute atomic E-state index is 0.360. The number of aldehydes is 1. The van der Waals surface area contributed by atoms with Crippen molar-refractivity contribution in [1.82, 2.24) is 0 Å². The van der Waals surface area contributed by atoms with Gasteiger partial charge in [-0.05, 0) is 17.9 Å². The van der Waals surface area contributed by atoms with E-state index in [4.69, 9.17) is 0 Å². The monoisotopic (exact) mass is 162 g/mol. The number of rotatable bonds is 3. The maximum atomic E-state index is 10.3. The van der Waals surface area contributed by atoms with Crippen molar-refractivity contribution in [2.24, 2.45) is 5.92 Å². The summed E-state index contributed by atoms with van der Waals surface area (Å²) in [6.45, 7) is 2.08. The van der Waals surface area contributed by atoms with Gasteiger partial charge in [0.15, 0.2) is 0 Å². The smallest absolute Gasteiger partial charge is 0.120 e. The molecule has 0 aliphatic heterocycles. The van der Waals surface area contributed by atoms with Crippen molar-refractivity contribution in [3.63, 3.8) is 0 Å². The Hall–Kier alpha value is -1.11. The number of hydrogen-bond acceptors (Lipinski definition) is 1.